The molecule has 9 rings (SSSR count). The van der Waals surface area contributed by atoms with Crippen LogP contribution in [0.25, 0.3) is 0 Å². The molecule has 2 amide bonds. The Bertz CT molecular complexity index is 965. The number of benzene rings is 1. The number of nitro benzene ring substituents is 1. The Kier molecular flexibility index (Phi) is 4.69. The number of nitrogens with zero attached hydrogens (tertiary/aromatic N) is 1. The Morgan fingerprint density at radius 3 is 1.26 bits per heavy atom. The highest BCUT2D eigenvalue weighted by Gasteiger charge is 2.53. The third-order valence-corrected chi connectivity index (χ3v) is 10.5. The topological polar surface area (TPSA) is 101 Å². The molecule has 2 N–H and O–H groups in total. The van der Waals surface area contributed by atoms with Crippen LogP contribution in [0.1, 0.15) is 97.8 Å². The summed E-state index contributed by atoms with van der Waals surface area (Å²) in [5, 5.41) is 18.3. The summed E-state index contributed by atoms with van der Waals surface area (Å²) < 4.78 is 0. The molecule has 8 bridgehead atoms. The van der Waals surface area contributed by atoms with Gasteiger partial charge in [0.15, 0.2) is 0 Å². The van der Waals surface area contributed by atoms with E-state index in [9.17, 15) is 19.7 Å². The zero-order chi connectivity index (χ0) is 23.9. The smallest absolute Gasteiger partial charge is 0.271 e. The van der Waals surface area contributed by atoms with Crippen LogP contribution in [0.5, 0.6) is 0 Å². The molecule has 1 aromatic carbocycles. The average molecular weight is 478 g/mol. The molecule has 0 radical (unpaired) electrons. The Hall–Kier alpha value is -2.44. The number of carbonyl (C=O) groups excluding carboxylic acids is 2. The maximum Gasteiger partial charge on any atom is 0.271 e. The van der Waals surface area contributed by atoms with Gasteiger partial charge in [-0.3, -0.25) is 19.7 Å². The molecule has 8 saturated carbocycles. The van der Waals surface area contributed by atoms with E-state index < -0.39 is 4.92 Å². The summed E-state index contributed by atoms with van der Waals surface area (Å²) in [6.07, 6.45) is 13.7. The summed E-state index contributed by atoms with van der Waals surface area (Å²) in [4.78, 5) is 38.1. The fraction of sp³-hybridized carbons (Fsp3) is 0.714. The molecule has 0 unspecified atom stereocenters. The van der Waals surface area contributed by atoms with Crippen LogP contribution in [0.3, 0.4) is 0 Å². The maximum absolute atomic E-state index is 13.4. The summed E-state index contributed by atoms with van der Waals surface area (Å²) in [5.41, 5.74) is -0.106. The highest BCUT2D eigenvalue weighted by Crippen LogP contribution is 2.56. The lowest BCUT2D eigenvalue weighted by molar-refractivity contribution is -0.384. The lowest BCUT2D eigenvalue weighted by atomic mass is 9.53. The number of nitrogens with one attached hydrogen (secondary N) is 2. The van der Waals surface area contributed by atoms with Gasteiger partial charge in [-0.15, -0.1) is 0 Å². The SMILES string of the molecule is O=C(NC12CC3CC(CC(C3)C1)C2)c1cc(C(=O)NC23CC4CC(CC(C4)C2)C3)cc([N+](=O)[O-])c1. The van der Waals surface area contributed by atoms with Crippen molar-refractivity contribution in [2.75, 3.05) is 0 Å². The number of non-ortho nitro benzene ring substituents is 1. The van der Waals surface area contributed by atoms with Crippen molar-refractivity contribution in [1.29, 1.82) is 0 Å². The van der Waals surface area contributed by atoms with Gasteiger partial charge in [-0.05, 0) is 119 Å². The van der Waals surface area contributed by atoms with Gasteiger partial charge in [0.1, 0.15) is 0 Å². The molecule has 1 aromatic rings. The van der Waals surface area contributed by atoms with E-state index >= 15 is 0 Å². The van der Waals surface area contributed by atoms with E-state index in [-0.39, 0.29) is 39.7 Å². The Balaban J connectivity index is 1.14. The zero-order valence-electron chi connectivity index (χ0n) is 20.3. The number of rotatable bonds is 5. The van der Waals surface area contributed by atoms with Crippen molar-refractivity contribution in [2.24, 2.45) is 35.5 Å². The molecule has 186 valence electrons. The Morgan fingerprint density at radius 1 is 0.657 bits per heavy atom. The van der Waals surface area contributed by atoms with Gasteiger partial charge < -0.3 is 10.6 Å². The third kappa shape index (κ3) is 3.77. The first-order chi connectivity index (χ1) is 16.8. The molecule has 7 heteroatoms. The van der Waals surface area contributed by atoms with Crippen LogP contribution in [0.2, 0.25) is 0 Å². The van der Waals surface area contributed by atoms with Gasteiger partial charge in [0.25, 0.3) is 17.5 Å². The first-order valence-electron chi connectivity index (χ1n) is 13.7. The quantitative estimate of drug-likeness (QED) is 0.461. The number of hydrogen-bond donors (Lipinski definition) is 2. The van der Waals surface area contributed by atoms with E-state index in [1.54, 1.807) is 6.07 Å². The fourth-order valence-corrected chi connectivity index (χ4v) is 10.1. The third-order valence-electron chi connectivity index (χ3n) is 10.5. The molecule has 7 nitrogen and oxygen atoms in total. The molecule has 0 aromatic heterocycles. The van der Waals surface area contributed by atoms with Gasteiger partial charge >= 0.3 is 0 Å². The van der Waals surface area contributed by atoms with Crippen LogP contribution in [0.15, 0.2) is 18.2 Å². The first kappa shape index (κ1) is 21.8. The van der Waals surface area contributed by atoms with E-state index in [1.165, 1.54) is 50.7 Å². The van der Waals surface area contributed by atoms with E-state index in [4.69, 9.17) is 0 Å². The van der Waals surface area contributed by atoms with Crippen molar-refractivity contribution in [3.63, 3.8) is 0 Å². The van der Waals surface area contributed by atoms with Crippen LogP contribution in [0, 0.1) is 45.6 Å². The van der Waals surface area contributed by atoms with Gasteiger partial charge in [-0.1, -0.05) is 0 Å². The minimum absolute atomic E-state index is 0.182. The van der Waals surface area contributed by atoms with Crippen molar-refractivity contribution < 1.29 is 14.5 Å². The van der Waals surface area contributed by atoms with Crippen molar-refractivity contribution in [1.82, 2.24) is 10.6 Å². The molecule has 35 heavy (non-hydrogen) atoms. The first-order valence-corrected chi connectivity index (χ1v) is 13.7. The normalized spacial score (nSPS) is 42.2. The monoisotopic (exact) mass is 477 g/mol. The highest BCUT2D eigenvalue weighted by molar-refractivity contribution is 6.01. The van der Waals surface area contributed by atoms with Crippen molar-refractivity contribution in [3.8, 4) is 0 Å². The van der Waals surface area contributed by atoms with E-state index in [0.29, 0.717) is 35.5 Å². The molecule has 0 atom stereocenters. The van der Waals surface area contributed by atoms with Crippen LogP contribution in [-0.2, 0) is 0 Å². The molecule has 0 saturated heterocycles. The highest BCUT2D eigenvalue weighted by atomic mass is 16.6. The fourth-order valence-electron chi connectivity index (χ4n) is 10.1. The number of nitro groups is 1. The summed E-state index contributed by atoms with van der Waals surface area (Å²) >= 11 is 0. The number of carbonyl (C=O) groups is 2. The molecule has 0 spiro atoms. The molecule has 8 fully saturated rings. The van der Waals surface area contributed by atoms with Crippen molar-refractivity contribution in [3.05, 3.63) is 39.4 Å². The average Bonchev–Trinajstić information content (AvgIpc) is 2.76. The van der Waals surface area contributed by atoms with Crippen LogP contribution >= 0.6 is 0 Å². The molecule has 0 aliphatic heterocycles. The minimum Gasteiger partial charge on any atom is -0.347 e. The predicted octanol–water partition coefficient (Wildman–Crippen LogP) is 4.99. The second-order valence-corrected chi connectivity index (χ2v) is 13.3. The summed E-state index contributed by atoms with van der Waals surface area (Å²) in [6, 6.07) is 4.23. The zero-order valence-corrected chi connectivity index (χ0v) is 20.3. The maximum atomic E-state index is 13.4. The number of hydrogen-bond acceptors (Lipinski definition) is 4. The Labute approximate surface area is 206 Å². The largest absolute Gasteiger partial charge is 0.347 e. The number of amides is 2. The van der Waals surface area contributed by atoms with Crippen LogP contribution < -0.4 is 10.6 Å². The standard InChI is InChI=1S/C28H35N3O4/c32-25(29-27-10-16-1-17(11-27)3-18(2-16)12-27)22-7-23(9-24(8-22)31(34)35)26(33)30-28-13-19-4-20(14-28)6-21(5-19)15-28/h7-9,16-21H,1-6,10-15H2,(H,29,32)(H,30,33). The minimum atomic E-state index is -0.497. The summed E-state index contributed by atoms with van der Waals surface area (Å²) in [5.74, 6) is 3.57. The lowest BCUT2D eigenvalue weighted by Gasteiger charge is -2.57. The van der Waals surface area contributed by atoms with Gasteiger partial charge in [0, 0.05) is 34.3 Å². The summed E-state index contributed by atoms with van der Waals surface area (Å²) in [6.45, 7) is 0. The molecular weight excluding hydrogens is 442 g/mol. The van der Waals surface area contributed by atoms with Crippen molar-refractivity contribution >= 4 is 17.5 Å². The second kappa shape index (κ2) is 7.53. The van der Waals surface area contributed by atoms with E-state index in [1.807, 2.05) is 0 Å². The van der Waals surface area contributed by atoms with Crippen LogP contribution in [-0.4, -0.2) is 27.8 Å². The van der Waals surface area contributed by atoms with Gasteiger partial charge in [-0.25, -0.2) is 0 Å². The van der Waals surface area contributed by atoms with Crippen LogP contribution in [0.4, 0.5) is 5.69 Å². The second-order valence-electron chi connectivity index (χ2n) is 13.3. The van der Waals surface area contributed by atoms with Crippen molar-refractivity contribution in [2.45, 2.75) is 88.1 Å². The Morgan fingerprint density at radius 2 is 0.971 bits per heavy atom. The molecule has 0 heterocycles. The van der Waals surface area contributed by atoms with Gasteiger partial charge in [0.2, 0.25) is 0 Å². The van der Waals surface area contributed by atoms with Gasteiger partial charge in [-0.2, -0.15) is 0 Å². The lowest BCUT2D eigenvalue weighted by Crippen LogP contribution is -2.60. The van der Waals surface area contributed by atoms with E-state index in [2.05, 4.69) is 10.6 Å². The molecule has 8 aliphatic rings. The summed E-state index contributed by atoms with van der Waals surface area (Å²) in [7, 11) is 0. The molecule has 8 aliphatic carbocycles. The predicted molar refractivity (Wildman–Crippen MR) is 130 cm³/mol. The van der Waals surface area contributed by atoms with Gasteiger partial charge in [0.05, 0.1) is 4.92 Å². The van der Waals surface area contributed by atoms with E-state index in [0.717, 1.165) is 38.5 Å². The molecular formula is C28H35N3O4.